The fourth-order valence-electron chi connectivity index (χ4n) is 1.61. The third-order valence-corrected chi connectivity index (χ3v) is 2.52. The highest BCUT2D eigenvalue weighted by Crippen LogP contribution is 2.12. The molecule has 0 saturated carbocycles. The summed E-state index contributed by atoms with van der Waals surface area (Å²) in [6, 6.07) is -0.354. The maximum atomic E-state index is 11.4. The number of nitrogens with one attached hydrogen (secondary N) is 1. The summed E-state index contributed by atoms with van der Waals surface area (Å²) in [5.41, 5.74) is 0. The van der Waals surface area contributed by atoms with Gasteiger partial charge in [-0.1, -0.05) is 0 Å². The van der Waals surface area contributed by atoms with Crippen LogP contribution in [0.15, 0.2) is 0 Å². The van der Waals surface area contributed by atoms with Crippen LogP contribution in [-0.4, -0.2) is 55.4 Å². The molecule has 0 bridgehead atoms. The lowest BCUT2D eigenvalue weighted by Crippen LogP contribution is -2.42. The molecule has 6 nitrogen and oxygen atoms in total. The Morgan fingerprint density at radius 1 is 1.56 bits per heavy atom. The zero-order chi connectivity index (χ0) is 12.0. The van der Waals surface area contributed by atoms with Crippen molar-refractivity contribution in [2.75, 3.05) is 33.4 Å². The number of likely N-dealkylation sites (N-methyl/N-ethyl adjacent to an activating group) is 1. The van der Waals surface area contributed by atoms with Crippen LogP contribution in [-0.2, 0) is 9.53 Å². The predicted octanol–water partition coefficient (Wildman–Crippen LogP) is 0.139. The monoisotopic (exact) mass is 230 g/mol. The molecule has 1 unspecified atom stereocenters. The second-order valence-corrected chi connectivity index (χ2v) is 4.02. The number of carboxylic acids is 1. The predicted molar refractivity (Wildman–Crippen MR) is 57.2 cm³/mol. The van der Waals surface area contributed by atoms with Crippen LogP contribution in [0.4, 0.5) is 4.79 Å². The Labute approximate surface area is 94.6 Å². The van der Waals surface area contributed by atoms with Gasteiger partial charge < -0.3 is 20.1 Å². The minimum absolute atomic E-state index is 0.285. The Morgan fingerprint density at radius 2 is 2.31 bits per heavy atom. The highest BCUT2D eigenvalue weighted by atomic mass is 16.5. The van der Waals surface area contributed by atoms with E-state index in [9.17, 15) is 9.59 Å². The van der Waals surface area contributed by atoms with Crippen LogP contribution in [0.3, 0.4) is 0 Å². The number of amides is 2. The zero-order valence-corrected chi connectivity index (χ0v) is 9.44. The Bertz CT molecular complexity index is 251. The van der Waals surface area contributed by atoms with Crippen LogP contribution in [0.1, 0.15) is 12.8 Å². The summed E-state index contributed by atoms with van der Waals surface area (Å²) in [5.74, 6) is -0.672. The molecule has 1 atom stereocenters. The Morgan fingerprint density at radius 3 is 2.88 bits per heavy atom. The summed E-state index contributed by atoms with van der Waals surface area (Å²) in [5, 5.41) is 11.2. The molecule has 1 fully saturated rings. The summed E-state index contributed by atoms with van der Waals surface area (Å²) >= 11 is 0. The molecule has 6 heteroatoms. The van der Waals surface area contributed by atoms with E-state index in [2.05, 4.69) is 5.32 Å². The molecule has 2 amide bonds. The van der Waals surface area contributed by atoms with E-state index in [0.717, 1.165) is 24.3 Å². The first-order valence-corrected chi connectivity index (χ1v) is 5.38. The van der Waals surface area contributed by atoms with Crippen LogP contribution in [0, 0.1) is 5.92 Å². The summed E-state index contributed by atoms with van der Waals surface area (Å²) in [7, 11) is 1.46. The average molecular weight is 230 g/mol. The first-order chi connectivity index (χ1) is 7.59. The molecule has 0 spiro atoms. The van der Waals surface area contributed by atoms with Gasteiger partial charge >= 0.3 is 12.0 Å². The molecule has 1 rings (SSSR count). The van der Waals surface area contributed by atoms with Gasteiger partial charge in [-0.3, -0.25) is 4.79 Å². The van der Waals surface area contributed by atoms with E-state index in [-0.39, 0.29) is 12.6 Å². The van der Waals surface area contributed by atoms with Crippen molar-refractivity contribution in [3.05, 3.63) is 0 Å². The molecular weight excluding hydrogens is 212 g/mol. The quantitative estimate of drug-likeness (QED) is 0.720. The fraction of sp³-hybridized carbons (Fsp3) is 0.800. The SMILES string of the molecule is CN(CC(=O)O)C(=O)NCC1CCCOC1. The number of carboxylic acid groups (broad SMARTS) is 1. The smallest absolute Gasteiger partial charge is 0.323 e. The van der Waals surface area contributed by atoms with Crippen molar-refractivity contribution in [2.45, 2.75) is 12.8 Å². The number of ether oxygens (including phenoxy) is 1. The molecule has 0 aliphatic carbocycles. The lowest BCUT2D eigenvalue weighted by molar-refractivity contribution is -0.137. The van der Waals surface area contributed by atoms with Crippen molar-refractivity contribution in [3.8, 4) is 0 Å². The number of hydrogen-bond donors (Lipinski definition) is 2. The maximum absolute atomic E-state index is 11.4. The number of hydrogen-bond acceptors (Lipinski definition) is 3. The average Bonchev–Trinajstić information content (AvgIpc) is 2.26. The zero-order valence-electron chi connectivity index (χ0n) is 9.44. The number of carbonyl (C=O) groups excluding carboxylic acids is 1. The molecule has 1 heterocycles. The summed E-state index contributed by atoms with van der Waals surface area (Å²) in [4.78, 5) is 23.0. The Balaban J connectivity index is 2.20. The van der Waals surface area contributed by atoms with Crippen LogP contribution < -0.4 is 5.32 Å². The normalized spacial score (nSPS) is 20.2. The second kappa shape index (κ2) is 6.32. The summed E-state index contributed by atoms with van der Waals surface area (Å²) < 4.78 is 5.28. The number of nitrogens with zero attached hydrogens (tertiary/aromatic N) is 1. The van der Waals surface area contributed by atoms with E-state index in [1.165, 1.54) is 7.05 Å². The van der Waals surface area contributed by atoms with Gasteiger partial charge in [0.15, 0.2) is 0 Å². The summed E-state index contributed by atoms with van der Waals surface area (Å²) in [6.45, 7) is 1.72. The Hall–Kier alpha value is -1.30. The molecule has 0 aromatic rings. The van der Waals surface area contributed by atoms with Crippen LogP contribution in [0.25, 0.3) is 0 Å². The van der Waals surface area contributed by atoms with Gasteiger partial charge in [-0.25, -0.2) is 4.79 Å². The van der Waals surface area contributed by atoms with Gasteiger partial charge in [0.2, 0.25) is 0 Å². The number of urea groups is 1. The number of aliphatic carboxylic acids is 1. The fourth-order valence-corrected chi connectivity index (χ4v) is 1.61. The molecule has 16 heavy (non-hydrogen) atoms. The first kappa shape index (κ1) is 12.8. The van der Waals surface area contributed by atoms with Crippen molar-refractivity contribution >= 4 is 12.0 Å². The van der Waals surface area contributed by atoms with E-state index in [0.29, 0.717) is 19.1 Å². The van der Waals surface area contributed by atoms with Crippen molar-refractivity contribution in [1.29, 1.82) is 0 Å². The summed E-state index contributed by atoms with van der Waals surface area (Å²) in [6.07, 6.45) is 2.06. The lowest BCUT2D eigenvalue weighted by atomic mass is 10.0. The minimum atomic E-state index is -1.02. The first-order valence-electron chi connectivity index (χ1n) is 5.38. The molecule has 1 saturated heterocycles. The van der Waals surface area contributed by atoms with Crippen LogP contribution >= 0.6 is 0 Å². The maximum Gasteiger partial charge on any atom is 0.323 e. The molecule has 0 aromatic heterocycles. The van der Waals surface area contributed by atoms with E-state index in [4.69, 9.17) is 9.84 Å². The number of carbonyl (C=O) groups is 2. The third-order valence-electron chi connectivity index (χ3n) is 2.52. The van der Waals surface area contributed by atoms with Crippen molar-refractivity contribution < 1.29 is 19.4 Å². The van der Waals surface area contributed by atoms with Crippen molar-refractivity contribution in [2.24, 2.45) is 5.92 Å². The largest absolute Gasteiger partial charge is 0.480 e. The molecule has 0 aromatic carbocycles. The van der Waals surface area contributed by atoms with Gasteiger partial charge in [0, 0.05) is 20.2 Å². The lowest BCUT2D eigenvalue weighted by Gasteiger charge is -2.23. The topological polar surface area (TPSA) is 78.9 Å². The molecule has 1 aliphatic rings. The molecule has 0 radical (unpaired) electrons. The Kier molecular flexibility index (Phi) is 5.04. The van der Waals surface area contributed by atoms with Gasteiger partial charge in [-0.2, -0.15) is 0 Å². The molecule has 2 N–H and O–H groups in total. The van der Waals surface area contributed by atoms with Crippen molar-refractivity contribution in [1.82, 2.24) is 10.2 Å². The van der Waals surface area contributed by atoms with E-state index < -0.39 is 5.97 Å². The number of rotatable bonds is 4. The standard InChI is InChI=1S/C10H18N2O4/c1-12(6-9(13)14)10(15)11-5-8-3-2-4-16-7-8/h8H,2-7H2,1H3,(H,11,15)(H,13,14). The van der Waals surface area contributed by atoms with Crippen LogP contribution in [0.5, 0.6) is 0 Å². The highest BCUT2D eigenvalue weighted by Gasteiger charge is 2.16. The van der Waals surface area contributed by atoms with Crippen molar-refractivity contribution in [3.63, 3.8) is 0 Å². The van der Waals surface area contributed by atoms with E-state index >= 15 is 0 Å². The molecule has 92 valence electrons. The van der Waals surface area contributed by atoms with Gasteiger partial charge in [0.1, 0.15) is 6.54 Å². The van der Waals surface area contributed by atoms with E-state index in [1.807, 2.05) is 0 Å². The van der Waals surface area contributed by atoms with Gasteiger partial charge in [0.05, 0.1) is 6.61 Å². The van der Waals surface area contributed by atoms with Gasteiger partial charge in [-0.05, 0) is 18.8 Å². The highest BCUT2D eigenvalue weighted by molar-refractivity contribution is 5.79. The minimum Gasteiger partial charge on any atom is -0.480 e. The van der Waals surface area contributed by atoms with Crippen LogP contribution in [0.2, 0.25) is 0 Å². The molecular formula is C10H18N2O4. The van der Waals surface area contributed by atoms with E-state index in [1.54, 1.807) is 0 Å². The molecule has 1 aliphatic heterocycles. The second-order valence-electron chi connectivity index (χ2n) is 4.02. The third kappa shape index (κ3) is 4.48. The van der Waals surface area contributed by atoms with Gasteiger partial charge in [0.25, 0.3) is 0 Å². The van der Waals surface area contributed by atoms with Gasteiger partial charge in [-0.15, -0.1) is 0 Å².